The van der Waals surface area contributed by atoms with Crippen molar-refractivity contribution in [2.75, 3.05) is 0 Å². The van der Waals surface area contributed by atoms with E-state index >= 15 is 0 Å². The summed E-state index contributed by atoms with van der Waals surface area (Å²) in [4.78, 5) is 0. The van der Waals surface area contributed by atoms with E-state index in [2.05, 4.69) is 6.92 Å². The zero-order chi connectivity index (χ0) is 13.3. The van der Waals surface area contributed by atoms with E-state index in [-0.39, 0.29) is 0 Å². The predicted molar refractivity (Wildman–Crippen MR) is 83.4 cm³/mol. The van der Waals surface area contributed by atoms with Gasteiger partial charge in [0, 0.05) is 0 Å². The van der Waals surface area contributed by atoms with Crippen LogP contribution in [0.4, 0.5) is 0 Å². The van der Waals surface area contributed by atoms with Crippen LogP contribution >= 0.6 is 0 Å². The number of fused-ring (bicyclic) bond motifs is 3. The predicted octanol–water partition coefficient (Wildman–Crippen LogP) is 5.27. The van der Waals surface area contributed by atoms with Crippen LogP contribution in [0.1, 0.15) is 90.7 Å². The quantitative estimate of drug-likeness (QED) is 0.606. The van der Waals surface area contributed by atoms with Gasteiger partial charge in [-0.2, -0.15) is 0 Å². The van der Waals surface area contributed by atoms with Gasteiger partial charge in [0.2, 0.25) is 0 Å². The highest BCUT2D eigenvalue weighted by atomic mass is 14.5. The van der Waals surface area contributed by atoms with Gasteiger partial charge in [0.1, 0.15) is 0 Å². The number of rotatable bonds is 3. The van der Waals surface area contributed by atoms with Crippen molar-refractivity contribution in [1.82, 2.24) is 0 Å². The molecule has 0 N–H and O–H groups in total. The smallest absolute Gasteiger partial charge is 0.00140 e. The van der Waals surface area contributed by atoms with Gasteiger partial charge in [0.15, 0.2) is 0 Å². The molecule has 1 aromatic carbocycles. The fourth-order valence-electron chi connectivity index (χ4n) is 5.79. The number of hydrogen-bond donors (Lipinski definition) is 0. The first-order chi connectivity index (χ1) is 9.84. The van der Waals surface area contributed by atoms with Gasteiger partial charge in [-0.15, -0.1) is 0 Å². The molecule has 0 heterocycles. The van der Waals surface area contributed by atoms with Gasteiger partial charge in [-0.05, 0) is 96.6 Å². The summed E-state index contributed by atoms with van der Waals surface area (Å²) >= 11 is 0. The first-order valence-corrected chi connectivity index (χ1v) is 9.00. The molecule has 5 rings (SSSR count). The van der Waals surface area contributed by atoms with E-state index in [0.29, 0.717) is 0 Å². The maximum atomic E-state index is 2.46. The summed E-state index contributed by atoms with van der Waals surface area (Å²) in [6, 6.07) is 0. The van der Waals surface area contributed by atoms with E-state index in [1.54, 1.807) is 22.3 Å². The van der Waals surface area contributed by atoms with Gasteiger partial charge in [-0.25, -0.2) is 0 Å². The van der Waals surface area contributed by atoms with Crippen molar-refractivity contribution in [3.05, 3.63) is 33.4 Å². The first-order valence-electron chi connectivity index (χ1n) is 9.00. The molecule has 0 saturated heterocycles. The maximum Gasteiger partial charge on any atom is -0.00140 e. The van der Waals surface area contributed by atoms with Gasteiger partial charge >= 0.3 is 0 Å². The van der Waals surface area contributed by atoms with E-state index in [4.69, 9.17) is 0 Å². The van der Waals surface area contributed by atoms with Gasteiger partial charge in [0.05, 0.1) is 0 Å². The van der Waals surface area contributed by atoms with Crippen LogP contribution in [0.2, 0.25) is 0 Å². The number of benzene rings is 1. The van der Waals surface area contributed by atoms with Crippen LogP contribution in [0.5, 0.6) is 0 Å². The molecule has 0 spiro atoms. The molecular formula is C20H26. The molecule has 20 heavy (non-hydrogen) atoms. The topological polar surface area (TPSA) is 0 Å². The van der Waals surface area contributed by atoms with E-state index < -0.39 is 0 Å². The molecule has 0 heteroatoms. The van der Waals surface area contributed by atoms with Gasteiger partial charge in [0.25, 0.3) is 0 Å². The molecular weight excluding hydrogens is 240 g/mol. The Bertz CT molecular complexity index is 552. The van der Waals surface area contributed by atoms with Gasteiger partial charge in [-0.1, -0.05) is 25.7 Å². The summed E-state index contributed by atoms with van der Waals surface area (Å²) < 4.78 is 0. The van der Waals surface area contributed by atoms with Crippen LogP contribution in [0.15, 0.2) is 0 Å². The highest BCUT2D eigenvalue weighted by Crippen LogP contribution is 2.56. The van der Waals surface area contributed by atoms with Crippen LogP contribution < -0.4 is 0 Å². The molecule has 0 nitrogen and oxygen atoms in total. The Morgan fingerprint density at radius 1 is 0.700 bits per heavy atom. The van der Waals surface area contributed by atoms with E-state index in [9.17, 15) is 0 Å². The lowest BCUT2D eigenvalue weighted by Gasteiger charge is -2.31. The second-order valence-corrected chi connectivity index (χ2v) is 7.92. The molecule has 0 aliphatic heterocycles. The summed E-state index contributed by atoms with van der Waals surface area (Å²) in [6.45, 7) is 2.46. The minimum Gasteiger partial charge on any atom is -0.0530 e. The second-order valence-electron chi connectivity index (χ2n) is 7.92. The summed E-state index contributed by atoms with van der Waals surface area (Å²) in [6.07, 6.45) is 14.8. The minimum absolute atomic E-state index is 0.946. The average molecular weight is 266 g/mol. The van der Waals surface area contributed by atoms with E-state index in [1.165, 1.54) is 64.2 Å². The maximum absolute atomic E-state index is 2.46. The van der Waals surface area contributed by atoms with Gasteiger partial charge < -0.3 is 0 Å². The zero-order valence-corrected chi connectivity index (χ0v) is 12.8. The Morgan fingerprint density at radius 3 is 1.80 bits per heavy atom. The van der Waals surface area contributed by atoms with Crippen molar-refractivity contribution >= 4 is 0 Å². The second kappa shape index (κ2) is 4.12. The van der Waals surface area contributed by atoms with E-state index in [1.807, 2.05) is 11.1 Å². The average Bonchev–Trinajstić information content (AvgIpc) is 3.28. The van der Waals surface area contributed by atoms with Crippen molar-refractivity contribution < 1.29 is 0 Å². The third-order valence-corrected chi connectivity index (χ3v) is 6.88. The summed E-state index contributed by atoms with van der Waals surface area (Å²) in [7, 11) is 0. The van der Waals surface area contributed by atoms with Crippen LogP contribution in [0.25, 0.3) is 0 Å². The highest BCUT2D eigenvalue weighted by Gasteiger charge is 2.43. The monoisotopic (exact) mass is 266 g/mol. The molecule has 0 radical (unpaired) electrons. The molecule has 4 aliphatic carbocycles. The lowest BCUT2D eigenvalue weighted by Crippen LogP contribution is -2.19. The molecule has 106 valence electrons. The molecule has 0 aromatic heterocycles. The zero-order valence-electron chi connectivity index (χ0n) is 12.8. The van der Waals surface area contributed by atoms with Crippen LogP contribution in [0.3, 0.4) is 0 Å². The van der Waals surface area contributed by atoms with Crippen molar-refractivity contribution in [2.45, 2.75) is 77.0 Å². The molecule has 0 bridgehead atoms. The SMILES string of the molecule is Cc1c2c(c3c(c1C(C1CCCC1)C1CCCC1)C3)C2. The summed E-state index contributed by atoms with van der Waals surface area (Å²) in [5, 5.41) is 0. The largest absolute Gasteiger partial charge is 0.0530 e. The van der Waals surface area contributed by atoms with Crippen molar-refractivity contribution in [3.63, 3.8) is 0 Å². The Kier molecular flexibility index (Phi) is 2.44. The Balaban J connectivity index is 1.59. The van der Waals surface area contributed by atoms with Crippen LogP contribution in [0, 0.1) is 18.8 Å². The van der Waals surface area contributed by atoms with Crippen LogP contribution in [-0.4, -0.2) is 0 Å². The van der Waals surface area contributed by atoms with Crippen molar-refractivity contribution in [1.29, 1.82) is 0 Å². The van der Waals surface area contributed by atoms with Gasteiger partial charge in [-0.3, -0.25) is 0 Å². The first kappa shape index (κ1) is 11.8. The lowest BCUT2D eigenvalue weighted by molar-refractivity contribution is 0.314. The normalized spacial score (nSPS) is 24.3. The van der Waals surface area contributed by atoms with Crippen molar-refractivity contribution in [3.8, 4) is 0 Å². The molecule has 0 atom stereocenters. The molecule has 2 saturated carbocycles. The molecule has 0 unspecified atom stereocenters. The Hall–Kier alpha value is -0.780. The van der Waals surface area contributed by atoms with Crippen molar-refractivity contribution in [2.24, 2.45) is 11.8 Å². The summed E-state index contributed by atoms with van der Waals surface area (Å²) in [5.74, 6) is 3.00. The highest BCUT2D eigenvalue weighted by molar-refractivity contribution is 5.70. The van der Waals surface area contributed by atoms with Crippen LogP contribution in [-0.2, 0) is 12.8 Å². The molecule has 2 fully saturated rings. The third kappa shape index (κ3) is 1.60. The summed E-state index contributed by atoms with van der Waals surface area (Å²) in [5.41, 5.74) is 10.8. The fraction of sp³-hybridized carbons (Fsp3) is 0.700. The standard InChI is InChI=1S/C20H26/c1-12-15-10-16(15)17-11-18(17)19(12)20(13-6-2-3-7-13)14-8-4-5-9-14/h13-14,20H,2-11H2,1H3. The Morgan fingerprint density at radius 2 is 1.20 bits per heavy atom. The number of hydrogen-bond acceptors (Lipinski definition) is 0. The molecule has 1 aromatic rings. The lowest BCUT2D eigenvalue weighted by atomic mass is 9.73. The molecule has 0 amide bonds. The third-order valence-electron chi connectivity index (χ3n) is 6.88. The fourth-order valence-corrected chi connectivity index (χ4v) is 5.79. The minimum atomic E-state index is 0.946. The molecule has 4 aliphatic rings. The Labute approximate surface area is 123 Å². The van der Waals surface area contributed by atoms with E-state index in [0.717, 1.165) is 17.8 Å².